The molecule has 0 fully saturated rings. The van der Waals surface area contributed by atoms with E-state index in [9.17, 15) is 14.4 Å². The summed E-state index contributed by atoms with van der Waals surface area (Å²) in [6, 6.07) is 8.69. The topological polar surface area (TPSA) is 88.4 Å². The number of carbonyl (C=O) groups excluding carboxylic acids is 3. The quantitative estimate of drug-likeness (QED) is 0.687. The van der Waals surface area contributed by atoms with E-state index in [0.29, 0.717) is 11.3 Å². The third-order valence-electron chi connectivity index (χ3n) is 5.04. The molecule has 1 aliphatic carbocycles. The summed E-state index contributed by atoms with van der Waals surface area (Å²) in [4.78, 5) is 36.6. The molecule has 1 aliphatic rings. The summed E-state index contributed by atoms with van der Waals surface area (Å²) in [6.07, 6.45) is 6.18. The van der Waals surface area contributed by atoms with Crippen molar-refractivity contribution in [2.24, 2.45) is 0 Å². The predicted octanol–water partition coefficient (Wildman–Crippen LogP) is 2.94. The lowest BCUT2D eigenvalue weighted by atomic mass is 9.89. The van der Waals surface area contributed by atoms with Gasteiger partial charge >= 0.3 is 0 Å². The Kier molecular flexibility index (Phi) is 6.63. The highest BCUT2D eigenvalue weighted by Gasteiger charge is 2.18. The van der Waals surface area contributed by atoms with Gasteiger partial charge in [-0.1, -0.05) is 12.1 Å². The molecule has 2 aromatic rings. The highest BCUT2D eigenvalue weighted by atomic mass is 16.3. The molecular formula is C22H26N2O4. The third kappa shape index (κ3) is 5.31. The molecule has 6 nitrogen and oxygen atoms in total. The molecule has 1 atom stereocenters. The molecule has 28 heavy (non-hydrogen) atoms. The Morgan fingerprint density at radius 1 is 1.07 bits per heavy atom. The van der Waals surface area contributed by atoms with Crippen molar-refractivity contribution in [3.63, 3.8) is 0 Å². The number of ketones is 1. The summed E-state index contributed by atoms with van der Waals surface area (Å²) in [6.45, 7) is 1.88. The summed E-state index contributed by atoms with van der Waals surface area (Å²) in [5, 5.41) is 5.33. The van der Waals surface area contributed by atoms with Crippen molar-refractivity contribution in [2.75, 3.05) is 0 Å². The molecule has 2 amide bonds. The van der Waals surface area contributed by atoms with Gasteiger partial charge in [0, 0.05) is 18.4 Å². The van der Waals surface area contributed by atoms with Crippen LogP contribution < -0.4 is 10.6 Å². The van der Waals surface area contributed by atoms with E-state index >= 15 is 0 Å². The van der Waals surface area contributed by atoms with E-state index in [1.54, 1.807) is 19.1 Å². The van der Waals surface area contributed by atoms with Crippen LogP contribution in [0.4, 0.5) is 0 Å². The van der Waals surface area contributed by atoms with Crippen LogP contribution in [0.2, 0.25) is 0 Å². The van der Waals surface area contributed by atoms with Crippen LogP contribution in [-0.2, 0) is 29.0 Å². The van der Waals surface area contributed by atoms with E-state index in [1.807, 2.05) is 18.2 Å². The SMILES string of the molecule is CC(NC(=O)CCC(=O)c1ccc2c(c1)CCCC2)C(=O)NCc1ccco1. The molecule has 0 aliphatic heterocycles. The number of rotatable bonds is 8. The molecule has 1 aromatic heterocycles. The molecule has 3 rings (SSSR count). The van der Waals surface area contributed by atoms with Crippen molar-refractivity contribution in [3.05, 3.63) is 59.0 Å². The van der Waals surface area contributed by atoms with Crippen LogP contribution in [0.5, 0.6) is 0 Å². The Labute approximate surface area is 164 Å². The molecule has 0 radical (unpaired) electrons. The average molecular weight is 382 g/mol. The lowest BCUT2D eigenvalue weighted by molar-refractivity contribution is -0.128. The van der Waals surface area contributed by atoms with Gasteiger partial charge in [0.2, 0.25) is 11.8 Å². The van der Waals surface area contributed by atoms with Crippen LogP contribution >= 0.6 is 0 Å². The normalized spacial score (nSPS) is 14.0. The molecule has 0 saturated carbocycles. The number of furan rings is 1. The molecule has 6 heteroatoms. The number of hydrogen-bond donors (Lipinski definition) is 2. The molecule has 1 aromatic carbocycles. The Morgan fingerprint density at radius 2 is 1.86 bits per heavy atom. The second-order valence-corrected chi connectivity index (χ2v) is 7.20. The van der Waals surface area contributed by atoms with Gasteiger partial charge in [-0.3, -0.25) is 14.4 Å². The molecule has 0 saturated heterocycles. The molecule has 0 bridgehead atoms. The van der Waals surface area contributed by atoms with Crippen molar-refractivity contribution >= 4 is 17.6 Å². The summed E-state index contributed by atoms with van der Waals surface area (Å²) in [5.41, 5.74) is 3.25. The minimum Gasteiger partial charge on any atom is -0.467 e. The molecular weight excluding hydrogens is 356 g/mol. The molecule has 1 unspecified atom stereocenters. The Balaban J connectivity index is 1.43. The number of carbonyl (C=O) groups is 3. The Bertz CT molecular complexity index is 842. The van der Waals surface area contributed by atoms with Crippen LogP contribution in [0.15, 0.2) is 41.0 Å². The van der Waals surface area contributed by atoms with E-state index in [-0.39, 0.29) is 37.0 Å². The molecule has 0 spiro atoms. The zero-order chi connectivity index (χ0) is 19.9. The maximum atomic E-state index is 12.4. The van der Waals surface area contributed by atoms with E-state index in [4.69, 9.17) is 4.42 Å². The van der Waals surface area contributed by atoms with Gasteiger partial charge in [0.25, 0.3) is 0 Å². The Hall–Kier alpha value is -2.89. The standard InChI is InChI=1S/C22H26N2O4/c1-15(22(27)23-14-19-7-4-12-28-19)24-21(26)11-10-20(25)18-9-8-16-5-2-3-6-17(16)13-18/h4,7-9,12-13,15H,2-3,5-6,10-11,14H2,1H3,(H,23,27)(H,24,26). The average Bonchev–Trinajstić information content (AvgIpc) is 3.23. The minimum absolute atomic E-state index is 0.0431. The number of benzene rings is 1. The van der Waals surface area contributed by atoms with E-state index < -0.39 is 6.04 Å². The van der Waals surface area contributed by atoms with Crippen LogP contribution in [-0.4, -0.2) is 23.6 Å². The van der Waals surface area contributed by atoms with Crippen LogP contribution in [0, 0.1) is 0 Å². The predicted molar refractivity (Wildman–Crippen MR) is 105 cm³/mol. The van der Waals surface area contributed by atoms with Gasteiger partial charge in [0.05, 0.1) is 12.8 Å². The highest BCUT2D eigenvalue weighted by Crippen LogP contribution is 2.22. The van der Waals surface area contributed by atoms with Gasteiger partial charge in [-0.25, -0.2) is 0 Å². The van der Waals surface area contributed by atoms with Crippen molar-refractivity contribution in [3.8, 4) is 0 Å². The van der Waals surface area contributed by atoms with Crippen molar-refractivity contribution in [2.45, 2.75) is 58.0 Å². The van der Waals surface area contributed by atoms with Crippen LogP contribution in [0.25, 0.3) is 0 Å². The monoisotopic (exact) mass is 382 g/mol. The first-order valence-electron chi connectivity index (χ1n) is 9.77. The summed E-state index contributed by atoms with van der Waals surface area (Å²) in [5.74, 6) is -0.0151. The maximum absolute atomic E-state index is 12.4. The van der Waals surface area contributed by atoms with Gasteiger partial charge in [-0.2, -0.15) is 0 Å². The number of fused-ring (bicyclic) bond motifs is 1. The smallest absolute Gasteiger partial charge is 0.242 e. The van der Waals surface area contributed by atoms with Crippen molar-refractivity contribution in [1.29, 1.82) is 0 Å². The molecule has 2 N–H and O–H groups in total. The number of hydrogen-bond acceptors (Lipinski definition) is 4. The molecule has 148 valence electrons. The van der Waals surface area contributed by atoms with Gasteiger partial charge in [0.1, 0.15) is 11.8 Å². The van der Waals surface area contributed by atoms with Crippen molar-refractivity contribution in [1.82, 2.24) is 10.6 Å². The first-order chi connectivity index (χ1) is 13.5. The zero-order valence-corrected chi connectivity index (χ0v) is 16.1. The fourth-order valence-electron chi connectivity index (χ4n) is 3.40. The lowest BCUT2D eigenvalue weighted by Gasteiger charge is -2.16. The minimum atomic E-state index is -0.679. The fourth-order valence-corrected chi connectivity index (χ4v) is 3.40. The summed E-state index contributed by atoms with van der Waals surface area (Å²) < 4.78 is 5.15. The number of Topliss-reactive ketones (excluding diaryl/α,β-unsaturated/α-hetero) is 1. The second-order valence-electron chi connectivity index (χ2n) is 7.20. The highest BCUT2D eigenvalue weighted by molar-refractivity contribution is 5.98. The van der Waals surface area contributed by atoms with Gasteiger partial charge in [-0.15, -0.1) is 0 Å². The van der Waals surface area contributed by atoms with E-state index in [2.05, 4.69) is 10.6 Å². The Morgan fingerprint density at radius 3 is 2.61 bits per heavy atom. The number of nitrogens with one attached hydrogen (secondary N) is 2. The number of amides is 2. The first-order valence-corrected chi connectivity index (χ1v) is 9.77. The van der Waals surface area contributed by atoms with Crippen LogP contribution in [0.1, 0.15) is 59.9 Å². The van der Waals surface area contributed by atoms with Gasteiger partial charge in [-0.05, 0) is 61.9 Å². The largest absolute Gasteiger partial charge is 0.467 e. The van der Waals surface area contributed by atoms with E-state index in [1.165, 1.54) is 23.8 Å². The lowest BCUT2D eigenvalue weighted by Crippen LogP contribution is -2.44. The first kappa shape index (κ1) is 19.9. The number of aryl methyl sites for hydroxylation is 2. The third-order valence-corrected chi connectivity index (χ3v) is 5.04. The second kappa shape index (κ2) is 9.35. The molecule has 1 heterocycles. The summed E-state index contributed by atoms with van der Waals surface area (Å²) >= 11 is 0. The van der Waals surface area contributed by atoms with Crippen LogP contribution in [0.3, 0.4) is 0 Å². The van der Waals surface area contributed by atoms with Crippen molar-refractivity contribution < 1.29 is 18.8 Å². The van der Waals surface area contributed by atoms with E-state index in [0.717, 1.165) is 19.3 Å². The van der Waals surface area contributed by atoms with Gasteiger partial charge in [0.15, 0.2) is 5.78 Å². The maximum Gasteiger partial charge on any atom is 0.242 e. The zero-order valence-electron chi connectivity index (χ0n) is 16.1. The fraction of sp³-hybridized carbons (Fsp3) is 0.409. The summed E-state index contributed by atoms with van der Waals surface area (Å²) in [7, 11) is 0. The van der Waals surface area contributed by atoms with Gasteiger partial charge < -0.3 is 15.1 Å².